The average Bonchev–Trinajstić information content (AvgIpc) is 3.39. The van der Waals surface area contributed by atoms with E-state index in [4.69, 9.17) is 9.97 Å². The number of carbonyl (C=O) groups excluding carboxylic acids is 1. The van der Waals surface area contributed by atoms with Crippen molar-refractivity contribution >= 4 is 59.0 Å². The summed E-state index contributed by atoms with van der Waals surface area (Å²) in [5.41, 5.74) is 4.25. The summed E-state index contributed by atoms with van der Waals surface area (Å²) in [4.78, 5) is 21.6. The molecule has 2 aromatic heterocycles. The third-order valence-corrected chi connectivity index (χ3v) is 9.53. The summed E-state index contributed by atoms with van der Waals surface area (Å²) in [5.74, 6) is 1.31. The van der Waals surface area contributed by atoms with E-state index >= 15 is 0 Å². The topological polar surface area (TPSA) is 57.0 Å². The van der Waals surface area contributed by atoms with Gasteiger partial charge in [0.25, 0.3) is 0 Å². The average molecular weight is 790 g/mol. The minimum absolute atomic E-state index is 0. The van der Waals surface area contributed by atoms with Crippen molar-refractivity contribution in [2.45, 2.75) is 78.7 Å². The molecule has 2 heterocycles. The van der Waals surface area contributed by atoms with Gasteiger partial charge in [-0.15, -0.1) is 46.5 Å². The second kappa shape index (κ2) is 14.3. The number of benzene rings is 4. The monoisotopic (exact) mass is 790 g/mol. The molecule has 0 amide bonds. The molecule has 6 aromatic rings. The number of ketones is 1. The fourth-order valence-electron chi connectivity index (χ4n) is 6.40. The first-order valence-electron chi connectivity index (χ1n) is 15.7. The number of fused-ring (bicyclic) bond motifs is 6. The van der Waals surface area contributed by atoms with Gasteiger partial charge in [0, 0.05) is 35.9 Å². The Morgan fingerprint density at radius 3 is 2.38 bits per heavy atom. The van der Waals surface area contributed by atoms with Crippen molar-refractivity contribution in [3.05, 3.63) is 101 Å². The Kier molecular flexibility index (Phi) is 10.5. The molecule has 1 aliphatic carbocycles. The van der Waals surface area contributed by atoms with E-state index in [0.717, 1.165) is 38.4 Å². The molecule has 0 bridgehead atoms. The van der Waals surface area contributed by atoms with E-state index in [9.17, 15) is 4.79 Å². The van der Waals surface area contributed by atoms with Crippen molar-refractivity contribution in [1.82, 2.24) is 9.97 Å². The van der Waals surface area contributed by atoms with E-state index in [1.54, 1.807) is 24.3 Å². The molecule has 0 spiro atoms. The Labute approximate surface area is 283 Å². The van der Waals surface area contributed by atoms with Crippen LogP contribution in [0.2, 0.25) is 0 Å². The van der Waals surface area contributed by atoms with Crippen LogP contribution in [0.3, 0.4) is 0 Å². The first-order chi connectivity index (χ1) is 21.3. The summed E-state index contributed by atoms with van der Waals surface area (Å²) in [6.07, 6.45) is 7.95. The van der Waals surface area contributed by atoms with Gasteiger partial charge >= 0.3 is 0 Å². The Bertz CT molecular complexity index is 2020. The number of aryl methyl sites for hydroxylation is 1. The molecule has 0 unspecified atom stereocenters. The normalized spacial score (nSPS) is 14.0. The molecule has 0 atom stereocenters. The Hall–Kier alpha value is -3.44. The van der Waals surface area contributed by atoms with Gasteiger partial charge in [0.1, 0.15) is 10.7 Å². The quantitative estimate of drug-likeness (QED) is 0.129. The minimum Gasteiger partial charge on any atom is -0.685 e. The van der Waals surface area contributed by atoms with Gasteiger partial charge in [0.05, 0.1) is 0 Å². The SMILES string of the molecule is CC(=O)/C=C(/C)[N-]C1CCCCC1.Cc1nc(-c2[c-]c3ccccc3c(C(C)C)c2)c2c(n1)sc1c3ccccc3ccc12.[Ir]. The van der Waals surface area contributed by atoms with Crippen molar-refractivity contribution in [1.29, 1.82) is 0 Å². The van der Waals surface area contributed by atoms with Gasteiger partial charge in [-0.05, 0) is 42.0 Å². The third kappa shape index (κ3) is 7.19. The van der Waals surface area contributed by atoms with Crippen molar-refractivity contribution in [2.24, 2.45) is 0 Å². The van der Waals surface area contributed by atoms with E-state index in [2.05, 4.69) is 92.0 Å². The standard InChI is InChI=1S/C28H21N2S.C11H19NO.Ir/c1-16(2)24-15-20(14-19-9-5-6-10-21(19)24)26-25-23-13-12-18-8-4-7-11-22(18)27(23)31-28(25)30-17(3)29-26;1-9(8-10(2)13)12-11-6-4-3-5-7-11;/h4-13,15-16H,1-3H3;8,11H,3-7H2,1-2H3,(H,12,13);/q-1;;/p-1. The van der Waals surface area contributed by atoms with Gasteiger partial charge in [0.15, 0.2) is 5.78 Å². The number of hydrogen-bond acceptors (Lipinski definition) is 4. The summed E-state index contributed by atoms with van der Waals surface area (Å²) in [7, 11) is 0. The number of carbonyl (C=O) groups is 1. The molecule has 0 saturated heterocycles. The third-order valence-electron chi connectivity index (χ3n) is 8.39. The van der Waals surface area contributed by atoms with E-state index < -0.39 is 0 Å². The number of hydrogen-bond donors (Lipinski definition) is 0. The molecule has 1 saturated carbocycles. The van der Waals surface area contributed by atoms with Gasteiger partial charge in [-0.3, -0.25) is 9.78 Å². The zero-order chi connectivity index (χ0) is 30.8. The van der Waals surface area contributed by atoms with E-state index in [-0.39, 0.29) is 25.9 Å². The molecule has 45 heavy (non-hydrogen) atoms. The van der Waals surface area contributed by atoms with Gasteiger partial charge in [-0.2, -0.15) is 5.70 Å². The Balaban J connectivity index is 0.000000243. The predicted molar refractivity (Wildman–Crippen MR) is 188 cm³/mol. The molecule has 4 aromatic carbocycles. The van der Waals surface area contributed by atoms with Gasteiger partial charge in [-0.25, -0.2) is 4.98 Å². The van der Waals surface area contributed by atoms with Crippen molar-refractivity contribution in [3.63, 3.8) is 0 Å². The Morgan fingerprint density at radius 1 is 0.933 bits per heavy atom. The molecule has 4 nitrogen and oxygen atoms in total. The minimum atomic E-state index is 0. The van der Waals surface area contributed by atoms with Crippen LogP contribution in [0.4, 0.5) is 0 Å². The molecule has 7 rings (SSSR count). The van der Waals surface area contributed by atoms with E-state index in [1.165, 1.54) is 63.9 Å². The number of nitrogens with zero attached hydrogens (tertiary/aromatic N) is 3. The van der Waals surface area contributed by atoms with Crippen LogP contribution in [0, 0.1) is 13.0 Å². The van der Waals surface area contributed by atoms with Crippen LogP contribution in [0.5, 0.6) is 0 Å². The van der Waals surface area contributed by atoms with Crippen molar-refractivity contribution < 1.29 is 24.9 Å². The molecule has 6 heteroatoms. The second-order valence-electron chi connectivity index (χ2n) is 12.2. The van der Waals surface area contributed by atoms with Crippen LogP contribution in [0.25, 0.3) is 58.4 Å². The molecule has 1 aliphatic rings. The summed E-state index contributed by atoms with van der Waals surface area (Å²) >= 11 is 1.76. The first-order valence-corrected chi connectivity index (χ1v) is 16.5. The maximum Gasteiger partial charge on any atom is 0.151 e. The van der Waals surface area contributed by atoms with Crippen LogP contribution < -0.4 is 0 Å². The number of thiophene rings is 1. The van der Waals surface area contributed by atoms with Crippen molar-refractivity contribution in [3.8, 4) is 11.3 Å². The van der Waals surface area contributed by atoms with Gasteiger partial charge in [0.2, 0.25) is 0 Å². The van der Waals surface area contributed by atoms with Gasteiger partial charge in [-0.1, -0.05) is 118 Å². The van der Waals surface area contributed by atoms with Crippen molar-refractivity contribution in [2.75, 3.05) is 0 Å². The van der Waals surface area contributed by atoms with Crippen LogP contribution in [-0.4, -0.2) is 21.8 Å². The summed E-state index contributed by atoms with van der Waals surface area (Å²) in [6, 6.07) is 27.9. The summed E-state index contributed by atoms with van der Waals surface area (Å²) < 4.78 is 1.28. The Morgan fingerprint density at radius 2 is 1.64 bits per heavy atom. The van der Waals surface area contributed by atoms with E-state index in [0.29, 0.717) is 12.0 Å². The molecule has 0 aliphatic heterocycles. The number of aromatic nitrogens is 2. The van der Waals surface area contributed by atoms with Crippen LogP contribution >= 0.6 is 11.3 Å². The maximum atomic E-state index is 10.8. The number of rotatable bonds is 5. The maximum absolute atomic E-state index is 10.8. The zero-order valence-corrected chi connectivity index (χ0v) is 29.8. The smallest absolute Gasteiger partial charge is 0.151 e. The molecule has 0 N–H and O–H groups in total. The van der Waals surface area contributed by atoms with Crippen LogP contribution in [-0.2, 0) is 24.9 Å². The zero-order valence-electron chi connectivity index (χ0n) is 26.6. The summed E-state index contributed by atoms with van der Waals surface area (Å²) in [6.45, 7) is 9.96. The van der Waals surface area contributed by atoms with Crippen LogP contribution in [0.1, 0.15) is 77.1 Å². The van der Waals surface area contributed by atoms with Crippen LogP contribution in [0.15, 0.2) is 78.5 Å². The first kappa shape index (κ1) is 32.9. The van der Waals surface area contributed by atoms with E-state index in [1.807, 2.05) is 13.8 Å². The van der Waals surface area contributed by atoms with Gasteiger partial charge < -0.3 is 5.32 Å². The molecule has 233 valence electrons. The number of allylic oxidation sites excluding steroid dienone is 2. The largest absolute Gasteiger partial charge is 0.685 e. The fraction of sp³-hybridized carbons (Fsp3) is 0.308. The molecule has 1 fully saturated rings. The second-order valence-corrected chi connectivity index (χ2v) is 13.2. The summed E-state index contributed by atoms with van der Waals surface area (Å²) in [5, 5.41) is 11.8. The molecule has 1 radical (unpaired) electrons. The fourth-order valence-corrected chi connectivity index (χ4v) is 7.65. The molecular formula is C39H39IrN3OS-2. The molecular weight excluding hydrogens is 751 g/mol. The predicted octanol–water partition coefficient (Wildman–Crippen LogP) is 11.2.